The molecule has 4 N–H and O–H groups in total. The Labute approximate surface area is 65.7 Å². The molecule has 58 valence electrons. The fraction of sp³-hybridized carbons (Fsp3) is 0.125. The van der Waals surface area contributed by atoms with Gasteiger partial charge in [-0.3, -0.25) is 0 Å². The van der Waals surface area contributed by atoms with Gasteiger partial charge in [-0.2, -0.15) is 0 Å². The molecule has 0 atom stereocenters. The van der Waals surface area contributed by atoms with E-state index in [1.807, 2.05) is 19.1 Å². The normalized spacial score (nSPS) is 11.5. The molecular formula is C8H11N3. The van der Waals surface area contributed by atoms with Gasteiger partial charge in [0, 0.05) is 17.5 Å². The number of anilines is 1. The van der Waals surface area contributed by atoms with Crippen molar-refractivity contribution in [1.82, 2.24) is 4.98 Å². The third-order valence-corrected chi connectivity index (χ3v) is 1.43. The Morgan fingerprint density at radius 3 is 2.73 bits per heavy atom. The van der Waals surface area contributed by atoms with Crippen LogP contribution in [0.1, 0.15) is 12.5 Å². The molecule has 0 saturated heterocycles. The quantitative estimate of drug-likeness (QED) is 0.625. The van der Waals surface area contributed by atoms with Crippen LogP contribution in [0.4, 0.5) is 5.82 Å². The van der Waals surface area contributed by atoms with E-state index >= 15 is 0 Å². The third-order valence-electron chi connectivity index (χ3n) is 1.43. The molecule has 0 aliphatic heterocycles. The van der Waals surface area contributed by atoms with E-state index in [9.17, 15) is 0 Å². The second-order valence-corrected chi connectivity index (χ2v) is 2.22. The lowest BCUT2D eigenvalue weighted by Crippen LogP contribution is -1.97. The fourth-order valence-electron chi connectivity index (χ4n) is 0.743. The average Bonchev–Trinajstić information content (AvgIpc) is 2.05. The van der Waals surface area contributed by atoms with Crippen molar-refractivity contribution in [3.8, 4) is 0 Å². The summed E-state index contributed by atoms with van der Waals surface area (Å²) in [4.78, 5) is 3.91. The number of nitrogens with zero attached hydrogens (tertiary/aromatic N) is 1. The smallest absolute Gasteiger partial charge is 0.123 e. The summed E-state index contributed by atoms with van der Waals surface area (Å²) in [5, 5.41) is 0. The second kappa shape index (κ2) is 3.05. The van der Waals surface area contributed by atoms with Crippen molar-refractivity contribution in [2.45, 2.75) is 6.92 Å². The summed E-state index contributed by atoms with van der Waals surface area (Å²) in [6.45, 7) is 1.88. The highest BCUT2D eigenvalue weighted by atomic mass is 14.8. The minimum Gasteiger partial charge on any atom is -0.398 e. The van der Waals surface area contributed by atoms with Crippen LogP contribution in [0.15, 0.2) is 24.4 Å². The van der Waals surface area contributed by atoms with Crippen LogP contribution in [-0.2, 0) is 0 Å². The number of pyridine rings is 1. The second-order valence-electron chi connectivity index (χ2n) is 2.22. The van der Waals surface area contributed by atoms with Crippen LogP contribution in [-0.4, -0.2) is 4.98 Å². The third kappa shape index (κ3) is 1.70. The monoisotopic (exact) mass is 149 g/mol. The van der Waals surface area contributed by atoms with Crippen molar-refractivity contribution in [3.05, 3.63) is 30.0 Å². The summed E-state index contributed by atoms with van der Waals surface area (Å²) >= 11 is 0. The number of nitrogens with two attached hydrogens (primary N) is 2. The molecule has 0 aliphatic rings. The molecule has 0 spiro atoms. The van der Waals surface area contributed by atoms with Crippen molar-refractivity contribution in [2.24, 2.45) is 5.73 Å². The van der Waals surface area contributed by atoms with Crippen molar-refractivity contribution in [1.29, 1.82) is 0 Å². The summed E-state index contributed by atoms with van der Waals surface area (Å²) in [5.74, 6) is 0.512. The number of hydrogen-bond donors (Lipinski definition) is 2. The first-order chi connectivity index (χ1) is 5.24. The molecular weight excluding hydrogens is 138 g/mol. The Balaban J connectivity index is 2.99. The maximum Gasteiger partial charge on any atom is 0.123 e. The number of aromatic nitrogens is 1. The lowest BCUT2D eigenvalue weighted by Gasteiger charge is -1.99. The number of rotatable bonds is 1. The van der Waals surface area contributed by atoms with Crippen LogP contribution in [0.3, 0.4) is 0 Å². The molecule has 0 aromatic carbocycles. The molecule has 3 nitrogen and oxygen atoms in total. The summed E-state index contributed by atoms with van der Waals surface area (Å²) in [6, 6.07) is 3.57. The van der Waals surface area contributed by atoms with Gasteiger partial charge in [-0.25, -0.2) is 4.98 Å². The largest absolute Gasteiger partial charge is 0.398 e. The molecule has 0 unspecified atom stereocenters. The molecule has 1 heterocycles. The molecule has 0 bridgehead atoms. The van der Waals surface area contributed by atoms with Gasteiger partial charge in [0.1, 0.15) is 5.82 Å². The van der Waals surface area contributed by atoms with Gasteiger partial charge in [0.05, 0.1) is 0 Å². The Morgan fingerprint density at radius 2 is 2.27 bits per heavy atom. The van der Waals surface area contributed by atoms with Crippen LogP contribution in [0, 0.1) is 0 Å². The molecule has 11 heavy (non-hydrogen) atoms. The molecule has 3 heteroatoms. The Morgan fingerprint density at radius 1 is 1.55 bits per heavy atom. The van der Waals surface area contributed by atoms with Crippen molar-refractivity contribution in [3.63, 3.8) is 0 Å². The first-order valence-corrected chi connectivity index (χ1v) is 3.37. The standard InChI is InChI=1S/C8H11N3/c1-2-7(9)6-3-4-8(10)11-5-6/h2-5H,9H2,1H3,(H2,10,11)/b7-2-. The number of hydrogen-bond acceptors (Lipinski definition) is 3. The minimum atomic E-state index is 0.512. The van der Waals surface area contributed by atoms with E-state index in [1.54, 1.807) is 12.3 Å². The van der Waals surface area contributed by atoms with E-state index in [0.29, 0.717) is 5.82 Å². The molecule has 0 saturated carbocycles. The molecule has 1 aromatic heterocycles. The van der Waals surface area contributed by atoms with Gasteiger partial charge in [-0.15, -0.1) is 0 Å². The van der Waals surface area contributed by atoms with Crippen LogP contribution >= 0.6 is 0 Å². The topological polar surface area (TPSA) is 64.9 Å². The van der Waals surface area contributed by atoms with Crippen molar-refractivity contribution >= 4 is 11.5 Å². The average molecular weight is 149 g/mol. The molecule has 0 amide bonds. The molecule has 0 radical (unpaired) electrons. The summed E-state index contributed by atoms with van der Waals surface area (Å²) < 4.78 is 0. The van der Waals surface area contributed by atoms with Gasteiger partial charge in [0.2, 0.25) is 0 Å². The highest BCUT2D eigenvalue weighted by Crippen LogP contribution is 2.07. The van der Waals surface area contributed by atoms with Crippen molar-refractivity contribution in [2.75, 3.05) is 5.73 Å². The summed E-state index contributed by atoms with van der Waals surface area (Å²) in [7, 11) is 0. The molecule has 1 rings (SSSR count). The van der Waals surface area contributed by atoms with Gasteiger partial charge >= 0.3 is 0 Å². The van der Waals surface area contributed by atoms with Crippen LogP contribution in [0.25, 0.3) is 5.70 Å². The van der Waals surface area contributed by atoms with E-state index in [-0.39, 0.29) is 0 Å². The van der Waals surface area contributed by atoms with Gasteiger partial charge < -0.3 is 11.5 Å². The minimum absolute atomic E-state index is 0.512. The first kappa shape index (κ1) is 7.60. The van der Waals surface area contributed by atoms with E-state index in [1.165, 1.54) is 0 Å². The number of allylic oxidation sites excluding steroid dienone is 1. The Bertz CT molecular complexity index is 261. The highest BCUT2D eigenvalue weighted by molar-refractivity contribution is 5.62. The highest BCUT2D eigenvalue weighted by Gasteiger charge is 1.93. The zero-order valence-electron chi connectivity index (χ0n) is 6.41. The molecule has 0 fully saturated rings. The first-order valence-electron chi connectivity index (χ1n) is 3.37. The van der Waals surface area contributed by atoms with Gasteiger partial charge in [0.25, 0.3) is 0 Å². The van der Waals surface area contributed by atoms with Gasteiger partial charge in [-0.1, -0.05) is 6.08 Å². The lowest BCUT2D eigenvalue weighted by atomic mass is 10.2. The van der Waals surface area contributed by atoms with Crippen LogP contribution in [0.2, 0.25) is 0 Å². The van der Waals surface area contributed by atoms with E-state index in [4.69, 9.17) is 11.5 Å². The van der Waals surface area contributed by atoms with E-state index in [2.05, 4.69) is 4.98 Å². The number of nitrogen functional groups attached to an aromatic ring is 1. The van der Waals surface area contributed by atoms with Crippen molar-refractivity contribution < 1.29 is 0 Å². The predicted octanol–water partition coefficient (Wildman–Crippen LogP) is 0.983. The fourth-order valence-corrected chi connectivity index (χ4v) is 0.743. The van der Waals surface area contributed by atoms with Crippen LogP contribution < -0.4 is 11.5 Å². The van der Waals surface area contributed by atoms with Crippen LogP contribution in [0.5, 0.6) is 0 Å². The Hall–Kier alpha value is -1.51. The van der Waals surface area contributed by atoms with E-state index < -0.39 is 0 Å². The lowest BCUT2D eigenvalue weighted by molar-refractivity contribution is 1.30. The van der Waals surface area contributed by atoms with E-state index in [0.717, 1.165) is 11.3 Å². The maximum absolute atomic E-state index is 5.62. The zero-order valence-corrected chi connectivity index (χ0v) is 6.41. The summed E-state index contributed by atoms with van der Waals surface area (Å²) in [6.07, 6.45) is 3.48. The molecule has 0 aliphatic carbocycles. The SMILES string of the molecule is C/C=C(\N)c1ccc(N)nc1. The zero-order chi connectivity index (χ0) is 8.27. The van der Waals surface area contributed by atoms with Gasteiger partial charge in [0.15, 0.2) is 0 Å². The molecule has 1 aromatic rings. The Kier molecular flexibility index (Phi) is 2.11. The van der Waals surface area contributed by atoms with Gasteiger partial charge in [-0.05, 0) is 19.1 Å². The summed E-state index contributed by atoms with van der Waals surface area (Å²) in [5.41, 5.74) is 12.6. The predicted molar refractivity (Wildman–Crippen MR) is 46.5 cm³/mol. The maximum atomic E-state index is 5.62.